The van der Waals surface area contributed by atoms with Crippen LogP contribution in [0, 0.1) is 11.3 Å². The molecule has 0 N–H and O–H groups in total. The molecule has 2 aromatic carbocycles. The van der Waals surface area contributed by atoms with Gasteiger partial charge in [-0.15, -0.1) is 0 Å². The van der Waals surface area contributed by atoms with Gasteiger partial charge in [0.2, 0.25) is 0 Å². The van der Waals surface area contributed by atoms with Gasteiger partial charge in [0.1, 0.15) is 30.8 Å². The van der Waals surface area contributed by atoms with Crippen LogP contribution >= 0.6 is 27.5 Å². The quantitative estimate of drug-likeness (QED) is 0.747. The van der Waals surface area contributed by atoms with E-state index < -0.39 is 0 Å². The summed E-state index contributed by atoms with van der Waals surface area (Å²) in [6.07, 6.45) is 0. The second-order valence-corrected chi connectivity index (χ2v) is 5.20. The smallest absolute Gasteiger partial charge is 0.138 e. The minimum atomic E-state index is 0.338. The lowest BCUT2D eigenvalue weighted by Crippen LogP contribution is -2.09. The molecule has 0 saturated carbocycles. The molecule has 0 aliphatic heterocycles. The second-order valence-electron chi connectivity index (χ2n) is 3.88. The van der Waals surface area contributed by atoms with Crippen molar-refractivity contribution in [1.29, 1.82) is 5.26 Å². The molecule has 0 fully saturated rings. The van der Waals surface area contributed by atoms with E-state index in [1.165, 1.54) is 0 Å². The maximum Gasteiger partial charge on any atom is 0.138 e. The summed E-state index contributed by atoms with van der Waals surface area (Å²) in [5, 5.41) is 9.47. The van der Waals surface area contributed by atoms with E-state index >= 15 is 0 Å². The van der Waals surface area contributed by atoms with Gasteiger partial charge in [-0.25, -0.2) is 0 Å². The van der Waals surface area contributed by atoms with Gasteiger partial charge in [-0.05, 0) is 30.3 Å². The molecule has 0 amide bonds. The molecule has 5 heteroatoms. The lowest BCUT2D eigenvalue weighted by molar-refractivity contribution is 0.217. The molecule has 0 aromatic heterocycles. The number of halogens is 2. The van der Waals surface area contributed by atoms with Gasteiger partial charge in [0.15, 0.2) is 0 Å². The summed E-state index contributed by atoms with van der Waals surface area (Å²) < 4.78 is 11.9. The molecule has 2 rings (SSSR count). The fourth-order valence-electron chi connectivity index (χ4n) is 1.58. The molecule has 0 aliphatic rings. The summed E-state index contributed by atoms with van der Waals surface area (Å²) >= 11 is 9.36. The summed E-state index contributed by atoms with van der Waals surface area (Å²) in [4.78, 5) is 0. The van der Waals surface area contributed by atoms with Crippen LogP contribution in [0.5, 0.6) is 11.5 Å². The number of ether oxygens (including phenoxy) is 2. The van der Waals surface area contributed by atoms with E-state index in [0.29, 0.717) is 35.3 Å². The molecule has 3 nitrogen and oxygen atoms in total. The highest BCUT2D eigenvalue weighted by Crippen LogP contribution is 2.27. The Labute approximate surface area is 130 Å². The van der Waals surface area contributed by atoms with Gasteiger partial charge in [0.05, 0.1) is 10.6 Å². The van der Waals surface area contributed by atoms with Crippen LogP contribution in [0.2, 0.25) is 5.02 Å². The molecule has 102 valence electrons. The first kappa shape index (κ1) is 14.7. The zero-order chi connectivity index (χ0) is 14.4. The summed E-state index contributed by atoms with van der Waals surface area (Å²) in [6, 6.07) is 14.6. The Kier molecular flexibility index (Phi) is 5.28. The number of hydrogen-bond donors (Lipinski definition) is 0. The average Bonchev–Trinajstić information content (AvgIpc) is 2.46. The van der Waals surface area contributed by atoms with Crippen molar-refractivity contribution in [2.24, 2.45) is 0 Å². The first-order valence-electron chi connectivity index (χ1n) is 5.90. The summed E-state index contributed by atoms with van der Waals surface area (Å²) in [5.41, 5.74) is 0.508. The zero-order valence-electron chi connectivity index (χ0n) is 10.5. The van der Waals surface area contributed by atoms with Crippen LogP contribution in [-0.2, 0) is 0 Å². The highest BCUT2D eigenvalue weighted by molar-refractivity contribution is 9.10. The predicted molar refractivity (Wildman–Crippen MR) is 81.3 cm³/mol. The Morgan fingerprint density at radius 2 is 1.75 bits per heavy atom. The Hall–Kier alpha value is -1.70. The minimum Gasteiger partial charge on any atom is -0.489 e. The van der Waals surface area contributed by atoms with E-state index in [-0.39, 0.29) is 0 Å². The van der Waals surface area contributed by atoms with Crippen LogP contribution in [0.1, 0.15) is 5.56 Å². The van der Waals surface area contributed by atoms with Crippen molar-refractivity contribution in [3.05, 3.63) is 57.5 Å². The number of nitriles is 1. The van der Waals surface area contributed by atoms with Gasteiger partial charge in [-0.3, -0.25) is 0 Å². The van der Waals surface area contributed by atoms with Gasteiger partial charge in [-0.1, -0.05) is 39.7 Å². The lowest BCUT2D eigenvalue weighted by atomic mass is 10.2. The highest BCUT2D eigenvalue weighted by atomic mass is 79.9. The Morgan fingerprint density at radius 1 is 1.05 bits per heavy atom. The van der Waals surface area contributed by atoms with Crippen molar-refractivity contribution < 1.29 is 9.47 Å². The molecule has 0 saturated heterocycles. The van der Waals surface area contributed by atoms with Crippen LogP contribution < -0.4 is 9.47 Å². The second kappa shape index (κ2) is 7.18. The maximum absolute atomic E-state index is 8.93. The van der Waals surface area contributed by atoms with E-state index in [1.54, 1.807) is 30.3 Å². The van der Waals surface area contributed by atoms with Crippen molar-refractivity contribution in [2.75, 3.05) is 13.2 Å². The van der Waals surface area contributed by atoms with Gasteiger partial charge >= 0.3 is 0 Å². The molecule has 0 aliphatic carbocycles. The summed E-state index contributed by atoms with van der Waals surface area (Å²) in [7, 11) is 0. The van der Waals surface area contributed by atoms with Gasteiger partial charge in [0, 0.05) is 4.47 Å². The minimum absolute atomic E-state index is 0.338. The zero-order valence-corrected chi connectivity index (χ0v) is 12.8. The Balaban J connectivity index is 1.86. The molecule has 0 atom stereocenters. The number of rotatable bonds is 5. The van der Waals surface area contributed by atoms with Crippen molar-refractivity contribution in [3.8, 4) is 17.6 Å². The van der Waals surface area contributed by atoms with E-state index in [4.69, 9.17) is 26.3 Å². The number of para-hydroxylation sites is 1. The first-order chi connectivity index (χ1) is 9.70. The fraction of sp³-hybridized carbons (Fsp3) is 0.133. The SMILES string of the molecule is N#Cc1ccccc1OCCOc1ccc(Br)cc1Cl. The van der Waals surface area contributed by atoms with Crippen LogP contribution in [-0.4, -0.2) is 13.2 Å². The van der Waals surface area contributed by atoms with Crippen LogP contribution in [0.4, 0.5) is 0 Å². The average molecular weight is 353 g/mol. The first-order valence-corrected chi connectivity index (χ1v) is 7.07. The molecule has 0 spiro atoms. The largest absolute Gasteiger partial charge is 0.489 e. The third-order valence-electron chi connectivity index (χ3n) is 2.50. The molecule has 0 bridgehead atoms. The standard InChI is InChI=1S/C15H11BrClNO2/c16-12-5-6-15(13(17)9-12)20-8-7-19-14-4-2-1-3-11(14)10-18/h1-6,9H,7-8H2. The van der Waals surface area contributed by atoms with Crippen LogP contribution in [0.3, 0.4) is 0 Å². The van der Waals surface area contributed by atoms with Crippen LogP contribution in [0.15, 0.2) is 46.9 Å². The highest BCUT2D eigenvalue weighted by Gasteiger charge is 2.04. The van der Waals surface area contributed by atoms with Crippen molar-refractivity contribution in [2.45, 2.75) is 0 Å². The van der Waals surface area contributed by atoms with Gasteiger partial charge in [-0.2, -0.15) is 5.26 Å². The summed E-state index contributed by atoms with van der Waals surface area (Å²) in [6.45, 7) is 0.687. The molecule has 0 heterocycles. The monoisotopic (exact) mass is 351 g/mol. The van der Waals surface area contributed by atoms with Crippen molar-refractivity contribution in [3.63, 3.8) is 0 Å². The topological polar surface area (TPSA) is 42.2 Å². The molecule has 0 radical (unpaired) electrons. The third kappa shape index (κ3) is 3.89. The van der Waals surface area contributed by atoms with E-state index in [1.807, 2.05) is 12.1 Å². The number of hydrogen-bond acceptors (Lipinski definition) is 3. The third-order valence-corrected chi connectivity index (χ3v) is 3.29. The Morgan fingerprint density at radius 3 is 2.45 bits per heavy atom. The summed E-state index contributed by atoms with van der Waals surface area (Å²) in [5.74, 6) is 1.16. The maximum atomic E-state index is 8.93. The van der Waals surface area contributed by atoms with E-state index in [0.717, 1.165) is 4.47 Å². The molecular weight excluding hydrogens is 342 g/mol. The molecule has 2 aromatic rings. The Bertz CT molecular complexity index is 640. The normalized spacial score (nSPS) is 9.85. The predicted octanol–water partition coefficient (Wildman–Crippen LogP) is 4.43. The lowest BCUT2D eigenvalue weighted by Gasteiger charge is -2.10. The number of nitrogens with zero attached hydrogens (tertiary/aromatic N) is 1. The molecular formula is C15H11BrClNO2. The van der Waals surface area contributed by atoms with Crippen molar-refractivity contribution in [1.82, 2.24) is 0 Å². The van der Waals surface area contributed by atoms with Gasteiger partial charge < -0.3 is 9.47 Å². The van der Waals surface area contributed by atoms with Crippen molar-refractivity contribution >= 4 is 27.5 Å². The van der Waals surface area contributed by atoms with E-state index in [9.17, 15) is 0 Å². The fourth-order valence-corrected chi connectivity index (χ4v) is 2.31. The number of benzene rings is 2. The van der Waals surface area contributed by atoms with E-state index in [2.05, 4.69) is 22.0 Å². The van der Waals surface area contributed by atoms with Gasteiger partial charge in [0.25, 0.3) is 0 Å². The van der Waals surface area contributed by atoms with Crippen LogP contribution in [0.25, 0.3) is 0 Å². The molecule has 20 heavy (non-hydrogen) atoms. The molecule has 0 unspecified atom stereocenters.